The van der Waals surface area contributed by atoms with Crippen LogP contribution in [0.5, 0.6) is 0 Å². The molecule has 3 rings (SSSR count). The van der Waals surface area contributed by atoms with Gasteiger partial charge in [-0.2, -0.15) is 0 Å². The summed E-state index contributed by atoms with van der Waals surface area (Å²) in [6.07, 6.45) is 2.94. The van der Waals surface area contributed by atoms with Crippen LogP contribution in [-0.2, 0) is 6.42 Å². The molecule has 0 radical (unpaired) electrons. The predicted molar refractivity (Wildman–Crippen MR) is 76.6 cm³/mol. The van der Waals surface area contributed by atoms with Gasteiger partial charge in [0.2, 0.25) is 0 Å². The van der Waals surface area contributed by atoms with Crippen LogP contribution in [0, 0.1) is 0 Å². The number of aryl methyl sites for hydroxylation is 1. The summed E-state index contributed by atoms with van der Waals surface area (Å²) >= 11 is 0. The molecule has 0 aliphatic carbocycles. The van der Waals surface area contributed by atoms with Crippen LogP contribution in [0.4, 0.5) is 0 Å². The number of benzene rings is 2. The molecule has 0 bridgehead atoms. The van der Waals surface area contributed by atoms with E-state index < -0.39 is 0 Å². The van der Waals surface area contributed by atoms with Crippen molar-refractivity contribution in [2.45, 2.75) is 13.3 Å². The van der Waals surface area contributed by atoms with Gasteiger partial charge >= 0.3 is 0 Å². The van der Waals surface area contributed by atoms with Crippen LogP contribution >= 0.6 is 0 Å². The first-order valence-electron chi connectivity index (χ1n) is 6.31. The monoisotopic (exact) mass is 233 g/mol. The molecule has 1 nitrogen and oxygen atoms in total. The van der Waals surface area contributed by atoms with Gasteiger partial charge in [0.15, 0.2) is 0 Å². The first kappa shape index (κ1) is 11.0. The lowest BCUT2D eigenvalue weighted by Crippen LogP contribution is -1.87. The number of nitrogens with zero attached hydrogens (tertiary/aromatic N) is 1. The maximum atomic E-state index is 4.46. The molecule has 0 spiro atoms. The number of pyridine rings is 1. The zero-order valence-electron chi connectivity index (χ0n) is 10.4. The van der Waals surface area contributed by atoms with Crippen LogP contribution in [0.3, 0.4) is 0 Å². The third-order valence-electron chi connectivity index (χ3n) is 3.28. The van der Waals surface area contributed by atoms with Crippen LogP contribution in [0.25, 0.3) is 22.0 Å². The largest absolute Gasteiger partial charge is 0.256 e. The third kappa shape index (κ3) is 2.00. The molecule has 0 fully saturated rings. The number of hydrogen-bond acceptors (Lipinski definition) is 1. The molecule has 0 amide bonds. The van der Waals surface area contributed by atoms with Crippen molar-refractivity contribution in [3.63, 3.8) is 0 Å². The average molecular weight is 233 g/mol. The lowest BCUT2D eigenvalue weighted by molar-refractivity contribution is 1.12. The Morgan fingerprint density at radius 1 is 0.889 bits per heavy atom. The molecule has 0 aliphatic rings. The normalized spacial score (nSPS) is 10.7. The summed E-state index contributed by atoms with van der Waals surface area (Å²) in [5.41, 5.74) is 3.57. The first-order chi connectivity index (χ1) is 8.86. The molecular weight excluding hydrogens is 218 g/mol. The smallest absolute Gasteiger partial charge is 0.0704 e. The maximum absolute atomic E-state index is 4.46. The Hall–Kier alpha value is -2.15. The predicted octanol–water partition coefficient (Wildman–Crippen LogP) is 4.46. The topological polar surface area (TPSA) is 12.9 Å². The van der Waals surface area contributed by atoms with Crippen molar-refractivity contribution < 1.29 is 0 Å². The van der Waals surface area contributed by atoms with Crippen molar-refractivity contribution >= 4 is 10.8 Å². The molecule has 1 heterocycles. The molecule has 88 valence electrons. The summed E-state index contributed by atoms with van der Waals surface area (Å²) < 4.78 is 0. The standard InChI is InChI=1S/C17H15N/c1-2-13-9-10-18-17(11-13)16-8-7-14-5-3-4-6-15(14)12-16/h3-12H,2H2,1H3. The fourth-order valence-electron chi connectivity index (χ4n) is 2.20. The van der Waals surface area contributed by atoms with E-state index in [1.165, 1.54) is 21.9 Å². The van der Waals surface area contributed by atoms with E-state index in [4.69, 9.17) is 0 Å². The molecule has 1 aromatic heterocycles. The molecule has 1 heteroatoms. The Morgan fingerprint density at radius 2 is 1.72 bits per heavy atom. The van der Waals surface area contributed by atoms with Crippen molar-refractivity contribution in [1.82, 2.24) is 4.98 Å². The molecule has 0 atom stereocenters. The van der Waals surface area contributed by atoms with Crippen molar-refractivity contribution in [1.29, 1.82) is 0 Å². The Kier molecular flexibility index (Phi) is 2.81. The highest BCUT2D eigenvalue weighted by atomic mass is 14.7. The SMILES string of the molecule is CCc1ccnc(-c2ccc3ccccc3c2)c1. The summed E-state index contributed by atoms with van der Waals surface area (Å²) in [6, 6.07) is 19.2. The van der Waals surface area contributed by atoms with Gasteiger partial charge in [0.05, 0.1) is 5.69 Å². The van der Waals surface area contributed by atoms with Gasteiger partial charge in [0.1, 0.15) is 0 Å². The van der Waals surface area contributed by atoms with E-state index in [-0.39, 0.29) is 0 Å². The van der Waals surface area contributed by atoms with Crippen LogP contribution in [-0.4, -0.2) is 4.98 Å². The van der Waals surface area contributed by atoms with E-state index in [1.54, 1.807) is 0 Å². The summed E-state index contributed by atoms with van der Waals surface area (Å²) in [4.78, 5) is 4.46. The van der Waals surface area contributed by atoms with E-state index in [1.807, 2.05) is 6.20 Å². The summed E-state index contributed by atoms with van der Waals surface area (Å²) in [7, 11) is 0. The van der Waals surface area contributed by atoms with Crippen molar-refractivity contribution in [2.75, 3.05) is 0 Å². The minimum Gasteiger partial charge on any atom is -0.256 e. The van der Waals surface area contributed by atoms with Crippen molar-refractivity contribution in [3.05, 3.63) is 66.4 Å². The molecule has 3 aromatic rings. The van der Waals surface area contributed by atoms with Gasteiger partial charge in [0.25, 0.3) is 0 Å². The van der Waals surface area contributed by atoms with Crippen LogP contribution in [0.15, 0.2) is 60.8 Å². The Bertz CT molecular complexity index is 686. The highest BCUT2D eigenvalue weighted by molar-refractivity contribution is 5.86. The van der Waals surface area contributed by atoms with Gasteiger partial charge in [-0.15, -0.1) is 0 Å². The zero-order chi connectivity index (χ0) is 12.4. The lowest BCUT2D eigenvalue weighted by Gasteiger charge is -2.05. The quantitative estimate of drug-likeness (QED) is 0.636. The fraction of sp³-hybridized carbons (Fsp3) is 0.118. The number of rotatable bonds is 2. The summed E-state index contributed by atoms with van der Waals surface area (Å²) in [5.74, 6) is 0. The molecular formula is C17H15N. The van der Waals surface area contributed by atoms with E-state index in [0.29, 0.717) is 0 Å². The van der Waals surface area contributed by atoms with E-state index >= 15 is 0 Å². The minimum absolute atomic E-state index is 1.04. The second-order valence-corrected chi connectivity index (χ2v) is 4.46. The second-order valence-electron chi connectivity index (χ2n) is 4.46. The Labute approximate surface area is 107 Å². The van der Waals surface area contributed by atoms with Gasteiger partial charge < -0.3 is 0 Å². The van der Waals surface area contributed by atoms with E-state index in [9.17, 15) is 0 Å². The molecule has 0 aliphatic heterocycles. The first-order valence-corrected chi connectivity index (χ1v) is 6.31. The third-order valence-corrected chi connectivity index (χ3v) is 3.28. The number of aromatic nitrogens is 1. The van der Waals surface area contributed by atoms with Gasteiger partial charge in [-0.25, -0.2) is 0 Å². The van der Waals surface area contributed by atoms with Crippen LogP contribution < -0.4 is 0 Å². The Balaban J connectivity index is 2.13. The molecule has 0 saturated carbocycles. The molecule has 0 unspecified atom stereocenters. The van der Waals surface area contributed by atoms with Crippen molar-refractivity contribution in [2.24, 2.45) is 0 Å². The van der Waals surface area contributed by atoms with Gasteiger partial charge in [-0.3, -0.25) is 4.98 Å². The summed E-state index contributed by atoms with van der Waals surface area (Å²) in [6.45, 7) is 2.17. The van der Waals surface area contributed by atoms with E-state index in [0.717, 1.165) is 12.1 Å². The average Bonchev–Trinajstić information content (AvgIpc) is 2.47. The lowest BCUT2D eigenvalue weighted by atomic mass is 10.0. The minimum atomic E-state index is 1.04. The highest BCUT2D eigenvalue weighted by Gasteiger charge is 2.01. The Morgan fingerprint density at radius 3 is 2.56 bits per heavy atom. The molecule has 2 aromatic carbocycles. The molecule has 0 saturated heterocycles. The van der Waals surface area contributed by atoms with Gasteiger partial charge in [-0.05, 0) is 41.0 Å². The molecule has 18 heavy (non-hydrogen) atoms. The van der Waals surface area contributed by atoms with Crippen LogP contribution in [0.1, 0.15) is 12.5 Å². The summed E-state index contributed by atoms with van der Waals surface area (Å²) in [5, 5.41) is 2.53. The molecule has 0 N–H and O–H groups in total. The van der Waals surface area contributed by atoms with Gasteiger partial charge in [-0.1, -0.05) is 43.3 Å². The maximum Gasteiger partial charge on any atom is 0.0704 e. The number of fused-ring (bicyclic) bond motifs is 1. The fourth-order valence-corrected chi connectivity index (χ4v) is 2.20. The second kappa shape index (κ2) is 4.61. The zero-order valence-corrected chi connectivity index (χ0v) is 10.4. The number of hydrogen-bond donors (Lipinski definition) is 0. The van der Waals surface area contributed by atoms with Gasteiger partial charge in [0, 0.05) is 11.8 Å². The van der Waals surface area contributed by atoms with Crippen molar-refractivity contribution in [3.8, 4) is 11.3 Å². The van der Waals surface area contributed by atoms with Crippen LogP contribution in [0.2, 0.25) is 0 Å². The highest BCUT2D eigenvalue weighted by Crippen LogP contribution is 2.23. The van der Waals surface area contributed by atoms with E-state index in [2.05, 4.69) is 66.5 Å².